The number of rotatable bonds is 1. The van der Waals surface area contributed by atoms with Crippen LogP contribution in [0.15, 0.2) is 21.5 Å². The van der Waals surface area contributed by atoms with Crippen molar-refractivity contribution in [2.24, 2.45) is 0 Å². The van der Waals surface area contributed by atoms with Gasteiger partial charge in [-0.1, -0.05) is 0 Å². The van der Waals surface area contributed by atoms with Crippen molar-refractivity contribution in [1.82, 2.24) is 14.8 Å². The first-order valence-corrected chi connectivity index (χ1v) is 7.15. The Kier molecular flexibility index (Phi) is 3.19. The predicted molar refractivity (Wildman–Crippen MR) is 71.8 cm³/mol. The molecule has 1 aliphatic heterocycles. The zero-order valence-electron chi connectivity index (χ0n) is 9.07. The van der Waals surface area contributed by atoms with Gasteiger partial charge in [-0.05, 0) is 57.2 Å². The van der Waals surface area contributed by atoms with E-state index < -0.39 is 0 Å². The van der Waals surface area contributed by atoms with Crippen molar-refractivity contribution in [3.8, 4) is 0 Å². The highest BCUT2D eigenvalue weighted by atomic mass is 79.9. The third-order valence-electron chi connectivity index (χ3n) is 2.94. The number of halogens is 2. The van der Waals surface area contributed by atoms with Crippen LogP contribution in [0.25, 0.3) is 10.9 Å². The quantitative estimate of drug-likeness (QED) is 0.728. The molecule has 90 valence electrons. The lowest BCUT2D eigenvalue weighted by atomic mass is 10.2. The van der Waals surface area contributed by atoms with Gasteiger partial charge in [-0.15, -0.1) is 0 Å². The number of nitrogens with zero attached hydrogens (tertiary/aromatic N) is 3. The lowest BCUT2D eigenvalue weighted by molar-refractivity contribution is -0.0368. The number of aromatic nitrogens is 3. The summed E-state index contributed by atoms with van der Waals surface area (Å²) >= 11 is 6.86. The van der Waals surface area contributed by atoms with Gasteiger partial charge < -0.3 is 4.74 Å². The van der Waals surface area contributed by atoms with Crippen molar-refractivity contribution < 1.29 is 4.74 Å². The number of hydrogen-bond donors (Lipinski definition) is 0. The molecule has 0 amide bonds. The molecule has 6 heteroatoms. The molecular formula is C11H11Br2N3O. The van der Waals surface area contributed by atoms with E-state index >= 15 is 0 Å². The van der Waals surface area contributed by atoms with E-state index in [4.69, 9.17) is 4.74 Å². The largest absolute Gasteiger partial charge is 0.356 e. The van der Waals surface area contributed by atoms with Crippen LogP contribution < -0.4 is 0 Å². The van der Waals surface area contributed by atoms with Crippen LogP contribution >= 0.6 is 31.9 Å². The van der Waals surface area contributed by atoms with Gasteiger partial charge in [0, 0.05) is 12.8 Å². The summed E-state index contributed by atoms with van der Waals surface area (Å²) in [6.07, 6.45) is 5.21. The van der Waals surface area contributed by atoms with E-state index in [-0.39, 0.29) is 6.23 Å². The van der Waals surface area contributed by atoms with Gasteiger partial charge in [-0.3, -0.25) is 0 Å². The lowest BCUT2D eigenvalue weighted by Gasteiger charge is -2.23. The zero-order valence-corrected chi connectivity index (χ0v) is 12.2. The number of fused-ring (bicyclic) bond motifs is 1. The summed E-state index contributed by atoms with van der Waals surface area (Å²) in [4.78, 5) is 4.22. The Morgan fingerprint density at radius 3 is 3.00 bits per heavy atom. The van der Waals surface area contributed by atoms with E-state index in [1.165, 1.54) is 6.42 Å². The average molecular weight is 361 g/mol. The topological polar surface area (TPSA) is 39.9 Å². The fraction of sp³-hybridized carbons (Fsp3) is 0.455. The summed E-state index contributed by atoms with van der Waals surface area (Å²) in [5.41, 5.74) is 1.05. The summed E-state index contributed by atoms with van der Waals surface area (Å²) in [5, 5.41) is 5.52. The second kappa shape index (κ2) is 4.66. The van der Waals surface area contributed by atoms with Crippen molar-refractivity contribution >= 4 is 42.8 Å². The Morgan fingerprint density at radius 2 is 2.24 bits per heavy atom. The summed E-state index contributed by atoms with van der Waals surface area (Å²) in [5.74, 6) is 0. The molecule has 4 nitrogen and oxygen atoms in total. The molecule has 0 aromatic carbocycles. The minimum absolute atomic E-state index is 0.0480. The highest BCUT2D eigenvalue weighted by Crippen LogP contribution is 2.30. The van der Waals surface area contributed by atoms with Crippen molar-refractivity contribution in [1.29, 1.82) is 0 Å². The molecule has 1 saturated heterocycles. The molecule has 0 radical (unpaired) electrons. The van der Waals surface area contributed by atoms with Gasteiger partial charge in [0.05, 0.1) is 10.9 Å². The van der Waals surface area contributed by atoms with Gasteiger partial charge in [0.1, 0.15) is 9.21 Å². The summed E-state index contributed by atoms with van der Waals surface area (Å²) in [6.45, 7) is 0.815. The van der Waals surface area contributed by atoms with Crippen LogP contribution in [0.3, 0.4) is 0 Å². The standard InChI is InChI=1S/C11H11Br2N3O/c12-9-5-8-7(6-14-9)11(13)15-16(8)10-3-1-2-4-17-10/h5-6,10H,1-4H2. The highest BCUT2D eigenvalue weighted by molar-refractivity contribution is 9.10. The smallest absolute Gasteiger partial charge is 0.150 e. The first kappa shape index (κ1) is 11.6. The molecule has 1 atom stereocenters. The molecular weight excluding hydrogens is 350 g/mol. The van der Waals surface area contributed by atoms with Crippen molar-refractivity contribution in [2.45, 2.75) is 25.5 Å². The van der Waals surface area contributed by atoms with E-state index in [2.05, 4.69) is 41.9 Å². The Bertz CT molecular complexity index is 549. The van der Waals surface area contributed by atoms with E-state index in [0.717, 1.165) is 39.6 Å². The maximum absolute atomic E-state index is 5.77. The van der Waals surface area contributed by atoms with Crippen LogP contribution in [-0.2, 0) is 4.74 Å². The zero-order chi connectivity index (χ0) is 11.8. The third kappa shape index (κ3) is 2.13. The monoisotopic (exact) mass is 359 g/mol. The fourth-order valence-corrected chi connectivity index (χ4v) is 2.90. The second-order valence-corrected chi connectivity index (χ2v) is 5.64. The van der Waals surface area contributed by atoms with Crippen LogP contribution in [0.4, 0.5) is 0 Å². The number of hydrogen-bond acceptors (Lipinski definition) is 3. The van der Waals surface area contributed by atoms with Gasteiger partial charge in [0.25, 0.3) is 0 Å². The number of ether oxygens (including phenoxy) is 1. The molecule has 2 aromatic heterocycles. The van der Waals surface area contributed by atoms with Gasteiger partial charge in [-0.2, -0.15) is 5.10 Å². The molecule has 0 saturated carbocycles. The molecule has 17 heavy (non-hydrogen) atoms. The molecule has 0 spiro atoms. The van der Waals surface area contributed by atoms with Crippen molar-refractivity contribution in [3.63, 3.8) is 0 Å². The van der Waals surface area contributed by atoms with Crippen LogP contribution in [0.2, 0.25) is 0 Å². The molecule has 0 bridgehead atoms. The van der Waals surface area contributed by atoms with Crippen LogP contribution in [0.1, 0.15) is 25.5 Å². The van der Waals surface area contributed by atoms with E-state index in [0.29, 0.717) is 0 Å². The molecule has 0 aliphatic carbocycles. The van der Waals surface area contributed by atoms with Crippen molar-refractivity contribution in [2.75, 3.05) is 6.61 Å². The van der Waals surface area contributed by atoms with Crippen LogP contribution in [0, 0.1) is 0 Å². The summed E-state index contributed by atoms with van der Waals surface area (Å²) in [6, 6.07) is 1.98. The predicted octanol–water partition coefficient (Wildman–Crippen LogP) is 3.66. The highest BCUT2D eigenvalue weighted by Gasteiger charge is 2.20. The first-order valence-electron chi connectivity index (χ1n) is 5.56. The van der Waals surface area contributed by atoms with Gasteiger partial charge >= 0.3 is 0 Å². The van der Waals surface area contributed by atoms with E-state index in [9.17, 15) is 0 Å². The minimum atomic E-state index is 0.0480. The molecule has 1 aliphatic rings. The molecule has 0 N–H and O–H groups in total. The lowest BCUT2D eigenvalue weighted by Crippen LogP contribution is -2.19. The first-order chi connectivity index (χ1) is 8.25. The summed E-state index contributed by atoms with van der Waals surface area (Å²) < 4.78 is 9.35. The minimum Gasteiger partial charge on any atom is -0.356 e. The maximum Gasteiger partial charge on any atom is 0.150 e. The molecule has 3 rings (SSSR count). The normalized spacial score (nSPS) is 20.9. The second-order valence-electron chi connectivity index (χ2n) is 4.08. The molecule has 1 fully saturated rings. The van der Waals surface area contributed by atoms with Gasteiger partial charge in [0.15, 0.2) is 6.23 Å². The Morgan fingerprint density at radius 1 is 1.35 bits per heavy atom. The SMILES string of the molecule is Brc1cc2c(cn1)c(Br)nn2C1CCCCO1. The third-order valence-corrected chi connectivity index (χ3v) is 3.96. The Balaban J connectivity index is 2.11. The van der Waals surface area contributed by atoms with E-state index in [1.54, 1.807) is 0 Å². The van der Waals surface area contributed by atoms with Gasteiger partial charge in [0.2, 0.25) is 0 Å². The van der Waals surface area contributed by atoms with Gasteiger partial charge in [-0.25, -0.2) is 9.67 Å². The van der Waals surface area contributed by atoms with Crippen molar-refractivity contribution in [3.05, 3.63) is 21.5 Å². The van der Waals surface area contributed by atoms with Crippen LogP contribution in [0.5, 0.6) is 0 Å². The molecule has 3 heterocycles. The molecule has 1 unspecified atom stereocenters. The molecule has 2 aromatic rings. The fourth-order valence-electron chi connectivity index (χ4n) is 2.11. The number of pyridine rings is 1. The van der Waals surface area contributed by atoms with E-state index in [1.807, 2.05) is 16.9 Å². The Labute approximate surface area is 116 Å². The van der Waals surface area contributed by atoms with Crippen LogP contribution in [-0.4, -0.2) is 21.4 Å². The average Bonchev–Trinajstić information content (AvgIpc) is 2.67. The maximum atomic E-state index is 5.77. The Hall–Kier alpha value is -0.460. The summed E-state index contributed by atoms with van der Waals surface area (Å²) in [7, 11) is 0.